The van der Waals surface area contributed by atoms with E-state index in [2.05, 4.69) is 20.1 Å². The Bertz CT molecular complexity index is 1020. The number of phenols is 1. The zero-order valence-corrected chi connectivity index (χ0v) is 17.2. The molecule has 31 heavy (non-hydrogen) atoms. The monoisotopic (exact) mass is 420 g/mol. The molecule has 2 heterocycles. The summed E-state index contributed by atoms with van der Waals surface area (Å²) in [5, 5.41) is 12.8. The van der Waals surface area contributed by atoms with Gasteiger partial charge in [-0.2, -0.15) is 0 Å². The Morgan fingerprint density at radius 1 is 1.00 bits per heavy atom. The molecule has 4 rings (SSSR count). The molecule has 0 atom stereocenters. The normalized spacial score (nSPS) is 14.8. The number of hydrogen-bond donors (Lipinski definition) is 2. The Balaban J connectivity index is 1.34. The van der Waals surface area contributed by atoms with E-state index in [-0.39, 0.29) is 11.7 Å². The first-order chi connectivity index (χ1) is 15.1. The fraction of sp³-hybridized carbons (Fsp3) is 0.250. The highest BCUT2D eigenvalue weighted by Gasteiger charge is 2.17. The van der Waals surface area contributed by atoms with Crippen LogP contribution in [0, 0.1) is 5.82 Å². The Morgan fingerprint density at radius 3 is 2.55 bits per heavy atom. The second-order valence-corrected chi connectivity index (χ2v) is 7.61. The molecule has 1 saturated heterocycles. The number of hydrogen-bond acceptors (Lipinski definition) is 5. The summed E-state index contributed by atoms with van der Waals surface area (Å²) in [5.41, 5.74) is 1.92. The van der Waals surface area contributed by atoms with Gasteiger partial charge in [0.1, 0.15) is 17.4 Å². The number of carbonyl (C=O) groups excluding carboxylic acids is 1. The molecule has 7 heteroatoms. The number of para-hydroxylation sites is 1. The van der Waals surface area contributed by atoms with Gasteiger partial charge >= 0.3 is 0 Å². The van der Waals surface area contributed by atoms with E-state index in [1.165, 1.54) is 24.3 Å². The molecule has 3 aromatic rings. The second kappa shape index (κ2) is 9.57. The Morgan fingerprint density at radius 2 is 1.81 bits per heavy atom. The van der Waals surface area contributed by atoms with Crippen LogP contribution in [0.2, 0.25) is 0 Å². The molecule has 1 fully saturated rings. The maximum absolute atomic E-state index is 13.0. The van der Waals surface area contributed by atoms with Gasteiger partial charge in [0.2, 0.25) is 0 Å². The molecule has 1 aromatic heterocycles. The van der Waals surface area contributed by atoms with Gasteiger partial charge in [-0.05, 0) is 48.9 Å². The summed E-state index contributed by atoms with van der Waals surface area (Å²) in [6, 6.07) is 16.6. The largest absolute Gasteiger partial charge is 0.508 e. The predicted molar refractivity (Wildman–Crippen MR) is 119 cm³/mol. The summed E-state index contributed by atoms with van der Waals surface area (Å²) in [6.45, 7) is 4.28. The molecule has 1 aliphatic rings. The van der Waals surface area contributed by atoms with E-state index < -0.39 is 0 Å². The minimum Gasteiger partial charge on any atom is -0.508 e. The smallest absolute Gasteiger partial charge is 0.255 e. The summed E-state index contributed by atoms with van der Waals surface area (Å²) < 4.78 is 13.0. The van der Waals surface area contributed by atoms with Crippen molar-refractivity contribution in [2.45, 2.75) is 13.0 Å². The average molecular weight is 420 g/mol. The molecule has 160 valence electrons. The highest BCUT2D eigenvalue weighted by molar-refractivity contribution is 6.04. The van der Waals surface area contributed by atoms with Crippen LogP contribution in [0.3, 0.4) is 0 Å². The van der Waals surface area contributed by atoms with Gasteiger partial charge in [-0.25, -0.2) is 9.37 Å². The third kappa shape index (κ3) is 5.38. The van der Waals surface area contributed by atoms with E-state index >= 15 is 0 Å². The van der Waals surface area contributed by atoms with E-state index in [0.717, 1.165) is 50.5 Å². The van der Waals surface area contributed by atoms with Crippen LogP contribution < -0.4 is 10.2 Å². The molecule has 1 amide bonds. The molecular weight excluding hydrogens is 395 g/mol. The summed E-state index contributed by atoms with van der Waals surface area (Å²) in [5.74, 6) is 0.524. The minimum absolute atomic E-state index is 0.302. The fourth-order valence-corrected chi connectivity index (χ4v) is 3.70. The molecule has 2 aromatic carbocycles. The van der Waals surface area contributed by atoms with Crippen LogP contribution in [0.5, 0.6) is 5.75 Å². The van der Waals surface area contributed by atoms with Gasteiger partial charge in [0.05, 0.1) is 11.9 Å². The van der Waals surface area contributed by atoms with Gasteiger partial charge in [0.25, 0.3) is 5.91 Å². The first-order valence-corrected chi connectivity index (χ1v) is 10.4. The van der Waals surface area contributed by atoms with Gasteiger partial charge in [-0.3, -0.25) is 9.69 Å². The maximum Gasteiger partial charge on any atom is 0.255 e. The molecule has 2 N–H and O–H groups in total. The number of nitrogens with one attached hydrogen (secondary N) is 1. The van der Waals surface area contributed by atoms with Crippen LogP contribution >= 0.6 is 0 Å². The Labute approximate surface area is 181 Å². The van der Waals surface area contributed by atoms with E-state index in [1.807, 2.05) is 30.3 Å². The van der Waals surface area contributed by atoms with Gasteiger partial charge in [-0.15, -0.1) is 0 Å². The highest BCUT2D eigenvalue weighted by Crippen LogP contribution is 2.21. The number of aromatic nitrogens is 1. The van der Waals surface area contributed by atoms with E-state index in [0.29, 0.717) is 17.0 Å². The number of amides is 1. The average Bonchev–Trinajstić information content (AvgIpc) is 3.02. The first-order valence-electron chi connectivity index (χ1n) is 10.4. The quantitative estimate of drug-likeness (QED) is 0.656. The number of rotatable bonds is 5. The number of benzene rings is 2. The maximum atomic E-state index is 13.0. The lowest BCUT2D eigenvalue weighted by atomic mass is 10.2. The molecule has 0 unspecified atom stereocenters. The lowest BCUT2D eigenvalue weighted by Crippen LogP contribution is -2.31. The number of pyridine rings is 1. The summed E-state index contributed by atoms with van der Waals surface area (Å²) in [4.78, 5) is 21.4. The second-order valence-electron chi connectivity index (χ2n) is 7.61. The van der Waals surface area contributed by atoms with E-state index in [1.54, 1.807) is 12.3 Å². The summed E-state index contributed by atoms with van der Waals surface area (Å²) in [7, 11) is 0. The van der Waals surface area contributed by atoms with Crippen LogP contribution in [-0.4, -0.2) is 47.1 Å². The van der Waals surface area contributed by atoms with Crippen LogP contribution in [-0.2, 0) is 6.54 Å². The van der Waals surface area contributed by atoms with Crippen molar-refractivity contribution in [2.24, 2.45) is 0 Å². The molecule has 0 aliphatic carbocycles. The van der Waals surface area contributed by atoms with Crippen molar-refractivity contribution in [1.82, 2.24) is 9.88 Å². The summed E-state index contributed by atoms with van der Waals surface area (Å²) in [6.07, 6.45) is 2.64. The topological polar surface area (TPSA) is 68.7 Å². The number of anilines is 2. The molecule has 0 saturated carbocycles. The summed E-state index contributed by atoms with van der Waals surface area (Å²) >= 11 is 0. The third-order valence-corrected chi connectivity index (χ3v) is 5.41. The van der Waals surface area contributed by atoms with Crippen LogP contribution in [0.15, 0.2) is 66.9 Å². The van der Waals surface area contributed by atoms with Crippen molar-refractivity contribution in [2.75, 3.05) is 36.4 Å². The first kappa shape index (κ1) is 20.8. The van der Waals surface area contributed by atoms with Crippen molar-refractivity contribution in [1.29, 1.82) is 0 Å². The molecule has 1 aliphatic heterocycles. The Kier molecular flexibility index (Phi) is 6.43. The number of phenolic OH excluding ortho intramolecular Hbond substituents is 1. The molecule has 0 bridgehead atoms. The van der Waals surface area contributed by atoms with Crippen molar-refractivity contribution in [3.05, 3.63) is 83.8 Å². The highest BCUT2D eigenvalue weighted by atomic mass is 19.1. The Hall–Kier alpha value is -3.45. The zero-order valence-electron chi connectivity index (χ0n) is 17.2. The zero-order chi connectivity index (χ0) is 21.6. The van der Waals surface area contributed by atoms with Gasteiger partial charge in [0.15, 0.2) is 0 Å². The number of nitrogens with zero attached hydrogens (tertiary/aromatic N) is 3. The SMILES string of the molecule is O=C(Nc1ccc(N2CCCN(Cc3ccccc3O)CC2)nc1)c1ccc(F)cc1. The number of aromatic hydroxyl groups is 1. The van der Waals surface area contributed by atoms with Crippen molar-refractivity contribution in [3.8, 4) is 5.75 Å². The van der Waals surface area contributed by atoms with Crippen LogP contribution in [0.25, 0.3) is 0 Å². The van der Waals surface area contributed by atoms with Crippen LogP contribution in [0.4, 0.5) is 15.9 Å². The van der Waals surface area contributed by atoms with Gasteiger partial charge < -0.3 is 15.3 Å². The molecule has 0 spiro atoms. The minimum atomic E-state index is -0.376. The fourth-order valence-electron chi connectivity index (χ4n) is 3.70. The lowest BCUT2D eigenvalue weighted by molar-refractivity contribution is 0.102. The van der Waals surface area contributed by atoms with Crippen molar-refractivity contribution < 1.29 is 14.3 Å². The van der Waals surface area contributed by atoms with Gasteiger partial charge in [0, 0.05) is 43.9 Å². The predicted octanol–water partition coefficient (Wildman–Crippen LogP) is 3.89. The third-order valence-electron chi connectivity index (χ3n) is 5.41. The van der Waals surface area contributed by atoms with Crippen molar-refractivity contribution in [3.63, 3.8) is 0 Å². The number of halogens is 1. The standard InChI is InChI=1S/C24H25FN4O2/c25-20-8-6-18(7-9-20)24(31)27-21-10-11-23(26-16-21)29-13-3-12-28(14-15-29)17-19-4-1-2-5-22(19)30/h1-2,4-11,16,30H,3,12-15,17H2,(H,27,31). The van der Waals surface area contributed by atoms with E-state index in [4.69, 9.17) is 0 Å². The van der Waals surface area contributed by atoms with Crippen LogP contribution in [0.1, 0.15) is 22.3 Å². The molecule has 0 radical (unpaired) electrons. The van der Waals surface area contributed by atoms with E-state index in [9.17, 15) is 14.3 Å². The van der Waals surface area contributed by atoms with Crippen molar-refractivity contribution >= 4 is 17.4 Å². The molecular formula is C24H25FN4O2. The number of carbonyl (C=O) groups is 1. The van der Waals surface area contributed by atoms with Gasteiger partial charge in [-0.1, -0.05) is 18.2 Å². The molecule has 6 nitrogen and oxygen atoms in total. The lowest BCUT2D eigenvalue weighted by Gasteiger charge is -2.23.